The molecule has 4 nitrogen and oxygen atoms in total. The number of hydrogen-bond acceptors (Lipinski definition) is 3. The summed E-state index contributed by atoms with van der Waals surface area (Å²) in [5, 5.41) is 3.93. The topological polar surface area (TPSA) is 49.4 Å². The fourth-order valence-electron chi connectivity index (χ4n) is 3.22. The van der Waals surface area contributed by atoms with E-state index in [0.29, 0.717) is 15.7 Å². The Labute approximate surface area is 156 Å². The van der Waals surface area contributed by atoms with Crippen LogP contribution in [-0.4, -0.2) is 17.9 Å². The van der Waals surface area contributed by atoms with E-state index in [-0.39, 0.29) is 18.2 Å². The van der Waals surface area contributed by atoms with E-state index in [9.17, 15) is 9.59 Å². The maximum atomic E-state index is 12.8. The number of anilines is 2. The molecule has 0 radical (unpaired) electrons. The quantitative estimate of drug-likeness (QED) is 0.792. The predicted octanol–water partition coefficient (Wildman–Crippen LogP) is 4.66. The lowest BCUT2D eigenvalue weighted by Gasteiger charge is -2.19. The lowest BCUT2D eigenvalue weighted by Crippen LogP contribution is -2.35. The molecule has 6 heteroatoms. The van der Waals surface area contributed by atoms with Gasteiger partial charge in [0.25, 0.3) is 5.91 Å². The molecular weight excluding hydrogens is 359 g/mol. The number of nitrogens with one attached hydrogen (secondary N) is 1. The Balaban J connectivity index is 1.88. The minimum absolute atomic E-state index is 0.103. The van der Waals surface area contributed by atoms with Gasteiger partial charge in [-0.3, -0.25) is 9.59 Å². The van der Waals surface area contributed by atoms with Crippen LogP contribution >= 0.6 is 23.2 Å². The van der Waals surface area contributed by atoms with E-state index in [4.69, 9.17) is 23.2 Å². The van der Waals surface area contributed by atoms with Crippen LogP contribution in [0.25, 0.3) is 0 Å². The highest BCUT2D eigenvalue weighted by atomic mass is 35.5. The number of carbonyl (C=O) groups excluding carboxylic acids is 2. The molecule has 1 saturated heterocycles. The van der Waals surface area contributed by atoms with Crippen molar-refractivity contribution in [2.24, 2.45) is 0 Å². The van der Waals surface area contributed by atoms with Crippen LogP contribution in [-0.2, 0) is 9.59 Å². The summed E-state index contributed by atoms with van der Waals surface area (Å²) in [7, 11) is 0. The summed E-state index contributed by atoms with van der Waals surface area (Å²) in [5.41, 5.74) is 4.59. The van der Waals surface area contributed by atoms with Crippen LogP contribution in [0.2, 0.25) is 10.0 Å². The van der Waals surface area contributed by atoms with E-state index in [2.05, 4.69) is 5.32 Å². The molecule has 2 aromatic carbocycles. The van der Waals surface area contributed by atoms with Crippen LogP contribution < -0.4 is 10.2 Å². The monoisotopic (exact) mass is 376 g/mol. The second kappa shape index (κ2) is 6.70. The summed E-state index contributed by atoms with van der Waals surface area (Å²) in [6, 6.07) is 8.23. The molecule has 2 amide bonds. The van der Waals surface area contributed by atoms with Crippen molar-refractivity contribution in [1.29, 1.82) is 0 Å². The van der Waals surface area contributed by atoms with Crippen molar-refractivity contribution in [3.8, 4) is 0 Å². The lowest BCUT2D eigenvalue weighted by molar-refractivity contribution is -0.121. The minimum Gasteiger partial charge on any atom is -0.373 e. The zero-order chi connectivity index (χ0) is 18.3. The highest BCUT2D eigenvalue weighted by Crippen LogP contribution is 2.32. The van der Waals surface area contributed by atoms with Gasteiger partial charge in [-0.1, -0.05) is 40.9 Å². The first-order chi connectivity index (χ1) is 11.8. The number of amides is 2. The number of imide groups is 1. The average molecular weight is 377 g/mol. The third-order valence-electron chi connectivity index (χ3n) is 4.30. The Morgan fingerprint density at radius 2 is 1.64 bits per heavy atom. The number of benzene rings is 2. The van der Waals surface area contributed by atoms with Gasteiger partial charge in [0.1, 0.15) is 6.04 Å². The maximum Gasteiger partial charge on any atom is 0.256 e. The van der Waals surface area contributed by atoms with Gasteiger partial charge in [-0.25, -0.2) is 4.90 Å². The maximum absolute atomic E-state index is 12.8. The van der Waals surface area contributed by atoms with E-state index < -0.39 is 6.04 Å². The molecule has 0 aliphatic carbocycles. The molecule has 25 heavy (non-hydrogen) atoms. The summed E-state index contributed by atoms with van der Waals surface area (Å²) < 4.78 is 0. The first-order valence-electron chi connectivity index (χ1n) is 7.94. The number of halogens is 2. The largest absolute Gasteiger partial charge is 0.373 e. The third-order valence-corrected chi connectivity index (χ3v) is 5.04. The zero-order valence-corrected chi connectivity index (χ0v) is 15.7. The molecule has 1 aliphatic heterocycles. The molecule has 0 spiro atoms. The fraction of sp³-hybridized carbons (Fsp3) is 0.263. The molecule has 130 valence electrons. The van der Waals surface area contributed by atoms with Crippen LogP contribution in [0, 0.1) is 20.8 Å². The lowest BCUT2D eigenvalue weighted by atomic mass is 10.0. The van der Waals surface area contributed by atoms with Crippen molar-refractivity contribution in [2.45, 2.75) is 33.2 Å². The van der Waals surface area contributed by atoms with Crippen LogP contribution in [0.3, 0.4) is 0 Å². The predicted molar refractivity (Wildman–Crippen MR) is 102 cm³/mol. The Morgan fingerprint density at radius 3 is 2.24 bits per heavy atom. The Kier molecular flexibility index (Phi) is 4.76. The highest BCUT2D eigenvalue weighted by molar-refractivity contribution is 6.42. The first kappa shape index (κ1) is 17.8. The molecule has 3 rings (SSSR count). The summed E-state index contributed by atoms with van der Waals surface area (Å²) >= 11 is 11.9. The van der Waals surface area contributed by atoms with Crippen LogP contribution in [0.5, 0.6) is 0 Å². The smallest absolute Gasteiger partial charge is 0.256 e. The second-order valence-corrected chi connectivity index (χ2v) is 7.15. The van der Waals surface area contributed by atoms with E-state index in [1.165, 1.54) is 11.0 Å². The molecule has 0 aromatic heterocycles. The summed E-state index contributed by atoms with van der Waals surface area (Å²) in [5.74, 6) is -0.550. The zero-order valence-electron chi connectivity index (χ0n) is 14.2. The highest BCUT2D eigenvalue weighted by Gasteiger charge is 2.40. The van der Waals surface area contributed by atoms with Gasteiger partial charge in [-0.2, -0.15) is 0 Å². The molecule has 0 saturated carbocycles. The van der Waals surface area contributed by atoms with Crippen molar-refractivity contribution in [1.82, 2.24) is 0 Å². The van der Waals surface area contributed by atoms with Gasteiger partial charge in [-0.15, -0.1) is 0 Å². The fourth-order valence-corrected chi connectivity index (χ4v) is 3.51. The van der Waals surface area contributed by atoms with Gasteiger partial charge >= 0.3 is 0 Å². The van der Waals surface area contributed by atoms with Crippen molar-refractivity contribution < 1.29 is 9.59 Å². The van der Waals surface area contributed by atoms with E-state index >= 15 is 0 Å². The Hall–Kier alpha value is -2.04. The SMILES string of the molecule is Cc1cc(C)c(N[C@@H]2CC(=O)N(c3ccc(Cl)c(Cl)c3)C2=O)c(C)c1. The van der Waals surface area contributed by atoms with Crippen LogP contribution in [0.1, 0.15) is 23.1 Å². The molecule has 2 aromatic rings. The van der Waals surface area contributed by atoms with Crippen molar-refractivity contribution >= 4 is 46.4 Å². The molecule has 1 heterocycles. The molecule has 1 N–H and O–H groups in total. The third kappa shape index (κ3) is 3.37. The molecule has 0 bridgehead atoms. The van der Waals surface area contributed by atoms with Gasteiger partial charge in [0, 0.05) is 5.69 Å². The number of aryl methyl sites for hydroxylation is 3. The molecular formula is C19H18Cl2N2O2. The van der Waals surface area contributed by atoms with Crippen molar-refractivity contribution in [3.05, 3.63) is 57.1 Å². The normalized spacial score (nSPS) is 17.3. The van der Waals surface area contributed by atoms with Gasteiger partial charge in [0.2, 0.25) is 5.91 Å². The van der Waals surface area contributed by atoms with Gasteiger partial charge < -0.3 is 5.32 Å². The van der Waals surface area contributed by atoms with E-state index in [1.807, 2.05) is 32.9 Å². The molecule has 1 atom stereocenters. The average Bonchev–Trinajstić information content (AvgIpc) is 2.80. The molecule has 1 aliphatic rings. The number of rotatable bonds is 3. The van der Waals surface area contributed by atoms with Crippen LogP contribution in [0.15, 0.2) is 30.3 Å². The summed E-state index contributed by atoms with van der Waals surface area (Å²) in [6.07, 6.45) is 0.103. The van der Waals surface area contributed by atoms with Crippen LogP contribution in [0.4, 0.5) is 11.4 Å². The first-order valence-corrected chi connectivity index (χ1v) is 8.69. The number of carbonyl (C=O) groups is 2. The molecule has 1 fully saturated rings. The second-order valence-electron chi connectivity index (χ2n) is 6.34. The Bertz CT molecular complexity index is 857. The standard InChI is InChI=1S/C19H18Cl2N2O2/c1-10-6-11(2)18(12(3)7-10)22-16-9-17(24)23(19(16)25)13-4-5-14(20)15(21)8-13/h4-8,16,22H,9H2,1-3H3/t16-/m1/s1. The summed E-state index contributed by atoms with van der Waals surface area (Å²) in [6.45, 7) is 6.00. The van der Waals surface area contributed by atoms with Gasteiger partial charge in [0.15, 0.2) is 0 Å². The Morgan fingerprint density at radius 1 is 1.00 bits per heavy atom. The number of hydrogen-bond donors (Lipinski definition) is 1. The minimum atomic E-state index is -0.595. The number of nitrogens with zero attached hydrogens (tertiary/aromatic N) is 1. The van der Waals surface area contributed by atoms with Crippen molar-refractivity contribution in [2.75, 3.05) is 10.2 Å². The van der Waals surface area contributed by atoms with E-state index in [1.54, 1.807) is 12.1 Å². The van der Waals surface area contributed by atoms with Gasteiger partial charge in [0.05, 0.1) is 22.2 Å². The van der Waals surface area contributed by atoms with Crippen molar-refractivity contribution in [3.63, 3.8) is 0 Å². The molecule has 0 unspecified atom stereocenters. The summed E-state index contributed by atoms with van der Waals surface area (Å²) in [4.78, 5) is 26.3. The van der Waals surface area contributed by atoms with Gasteiger partial charge in [-0.05, 0) is 50.1 Å². The van der Waals surface area contributed by atoms with E-state index in [0.717, 1.165) is 22.4 Å².